The molecule has 0 unspecified atom stereocenters. The lowest BCUT2D eigenvalue weighted by atomic mass is 9.71. The van der Waals surface area contributed by atoms with Crippen molar-refractivity contribution in [2.75, 3.05) is 7.11 Å². The Morgan fingerprint density at radius 1 is 1.35 bits per heavy atom. The van der Waals surface area contributed by atoms with Gasteiger partial charge in [-0.15, -0.1) is 0 Å². The zero-order valence-corrected chi connectivity index (χ0v) is 14.4. The molecule has 20 heavy (non-hydrogen) atoms. The predicted octanol–water partition coefficient (Wildman–Crippen LogP) is 4.54. The number of methoxy groups -OCH3 is 1. The summed E-state index contributed by atoms with van der Waals surface area (Å²) in [5.41, 5.74) is 7.80. The van der Waals surface area contributed by atoms with Gasteiger partial charge < -0.3 is 10.5 Å². The molecular weight excluding hydrogens is 314 g/mol. The van der Waals surface area contributed by atoms with E-state index < -0.39 is 0 Å². The fourth-order valence-corrected chi connectivity index (χ4v) is 3.73. The van der Waals surface area contributed by atoms with Crippen molar-refractivity contribution in [1.82, 2.24) is 0 Å². The van der Waals surface area contributed by atoms with Crippen LogP contribution >= 0.6 is 15.9 Å². The molecule has 1 aromatic carbocycles. The van der Waals surface area contributed by atoms with Gasteiger partial charge >= 0.3 is 0 Å². The van der Waals surface area contributed by atoms with Crippen LogP contribution in [0, 0.1) is 11.8 Å². The zero-order chi connectivity index (χ0) is 14.8. The van der Waals surface area contributed by atoms with Gasteiger partial charge in [0.2, 0.25) is 0 Å². The molecular formula is C17H26BrNO. The fraction of sp³-hybridized carbons (Fsp3) is 0.647. The molecule has 0 aliphatic heterocycles. The largest absolute Gasteiger partial charge is 0.496 e. The number of hydrogen-bond donors (Lipinski definition) is 1. The summed E-state index contributed by atoms with van der Waals surface area (Å²) < 4.78 is 6.56. The second-order valence-corrected chi connectivity index (χ2v) is 7.49. The topological polar surface area (TPSA) is 35.2 Å². The van der Waals surface area contributed by atoms with E-state index in [-0.39, 0.29) is 5.54 Å². The van der Waals surface area contributed by atoms with Crippen LogP contribution in [0.2, 0.25) is 0 Å². The number of nitrogens with two attached hydrogens (primary N) is 1. The molecule has 2 nitrogen and oxygen atoms in total. The fourth-order valence-electron chi connectivity index (χ4n) is 3.32. The van der Waals surface area contributed by atoms with E-state index in [1.807, 2.05) is 12.1 Å². The van der Waals surface area contributed by atoms with E-state index in [2.05, 4.69) is 35.8 Å². The van der Waals surface area contributed by atoms with E-state index in [0.717, 1.165) is 41.3 Å². The van der Waals surface area contributed by atoms with E-state index in [0.29, 0.717) is 0 Å². The van der Waals surface area contributed by atoms with Crippen LogP contribution in [0.3, 0.4) is 0 Å². The summed E-state index contributed by atoms with van der Waals surface area (Å²) >= 11 is 3.54. The number of benzene rings is 1. The second-order valence-electron chi connectivity index (χ2n) is 6.58. The molecule has 2 N–H and O–H groups in total. The normalized spacial score (nSPS) is 26.8. The zero-order valence-electron chi connectivity index (χ0n) is 12.8. The minimum Gasteiger partial charge on any atom is -0.496 e. The Labute approximate surface area is 131 Å². The molecule has 0 spiro atoms. The Kier molecular flexibility index (Phi) is 5.14. The smallest absolute Gasteiger partial charge is 0.122 e. The van der Waals surface area contributed by atoms with Gasteiger partial charge in [-0.2, -0.15) is 0 Å². The molecule has 1 aliphatic rings. The molecule has 1 aliphatic carbocycles. The van der Waals surface area contributed by atoms with E-state index in [1.54, 1.807) is 7.11 Å². The minimum absolute atomic E-state index is 0.0700. The van der Waals surface area contributed by atoms with Gasteiger partial charge in [0.25, 0.3) is 0 Å². The van der Waals surface area contributed by atoms with E-state index in [1.165, 1.54) is 18.4 Å². The highest BCUT2D eigenvalue weighted by molar-refractivity contribution is 9.10. The highest BCUT2D eigenvalue weighted by atomic mass is 79.9. The number of ether oxygens (including phenoxy) is 1. The summed E-state index contributed by atoms with van der Waals surface area (Å²) in [7, 11) is 1.73. The van der Waals surface area contributed by atoms with Gasteiger partial charge in [-0.05, 0) is 67.7 Å². The lowest BCUT2D eigenvalue weighted by molar-refractivity contribution is 0.193. The Balaban J connectivity index is 2.08. The van der Waals surface area contributed by atoms with Crippen molar-refractivity contribution in [2.24, 2.45) is 17.6 Å². The first-order valence-electron chi connectivity index (χ1n) is 7.55. The number of halogens is 1. The van der Waals surface area contributed by atoms with Gasteiger partial charge in [0.15, 0.2) is 0 Å². The highest BCUT2D eigenvalue weighted by Gasteiger charge is 2.33. The maximum Gasteiger partial charge on any atom is 0.122 e. The SMILES string of the molecule is COc1ccc(Br)cc1CC1(N)CCC(C(C)C)CC1. The summed E-state index contributed by atoms with van der Waals surface area (Å²) in [5.74, 6) is 2.57. The average molecular weight is 340 g/mol. The maximum absolute atomic E-state index is 6.66. The molecule has 1 aromatic rings. The molecule has 1 fully saturated rings. The van der Waals surface area contributed by atoms with Gasteiger partial charge in [-0.25, -0.2) is 0 Å². The van der Waals surface area contributed by atoms with E-state index in [9.17, 15) is 0 Å². The number of rotatable bonds is 4. The lowest BCUT2D eigenvalue weighted by Gasteiger charge is -2.39. The molecule has 0 amide bonds. The standard InChI is InChI=1S/C17H26BrNO/c1-12(2)13-6-8-17(19,9-7-13)11-14-10-15(18)4-5-16(14)20-3/h4-5,10,12-13H,6-9,11,19H2,1-3H3. The third kappa shape index (κ3) is 3.76. The van der Waals surface area contributed by atoms with E-state index >= 15 is 0 Å². The summed E-state index contributed by atoms with van der Waals surface area (Å²) in [4.78, 5) is 0. The van der Waals surface area contributed by atoms with E-state index in [4.69, 9.17) is 10.5 Å². The summed E-state index contributed by atoms with van der Waals surface area (Å²) in [6, 6.07) is 6.17. The van der Waals surface area contributed by atoms with Gasteiger partial charge in [-0.3, -0.25) is 0 Å². The van der Waals surface area contributed by atoms with Crippen molar-refractivity contribution in [1.29, 1.82) is 0 Å². The number of hydrogen-bond acceptors (Lipinski definition) is 2. The Morgan fingerprint density at radius 3 is 2.55 bits per heavy atom. The van der Waals surface area contributed by atoms with Crippen LogP contribution in [0.5, 0.6) is 5.75 Å². The van der Waals surface area contributed by atoms with Gasteiger partial charge in [0, 0.05) is 10.0 Å². The van der Waals surface area contributed by atoms with Crippen LogP contribution in [0.1, 0.15) is 45.1 Å². The molecule has 3 heteroatoms. The van der Waals surface area contributed by atoms with Crippen LogP contribution in [0.25, 0.3) is 0 Å². The molecule has 0 aromatic heterocycles. The Hall–Kier alpha value is -0.540. The van der Waals surface area contributed by atoms with Gasteiger partial charge in [-0.1, -0.05) is 29.8 Å². The quantitative estimate of drug-likeness (QED) is 0.873. The molecule has 0 heterocycles. The monoisotopic (exact) mass is 339 g/mol. The Bertz CT molecular complexity index is 450. The molecule has 2 rings (SSSR count). The average Bonchev–Trinajstić information content (AvgIpc) is 2.39. The first kappa shape index (κ1) is 15.8. The summed E-state index contributed by atoms with van der Waals surface area (Å²) in [5, 5.41) is 0. The summed E-state index contributed by atoms with van der Waals surface area (Å²) in [6.45, 7) is 4.65. The van der Waals surface area contributed by atoms with Crippen molar-refractivity contribution in [3.8, 4) is 5.75 Å². The molecule has 1 saturated carbocycles. The van der Waals surface area contributed by atoms with Crippen LogP contribution in [-0.2, 0) is 6.42 Å². The second kappa shape index (κ2) is 6.48. The molecule has 0 bridgehead atoms. The van der Waals surface area contributed by atoms with Gasteiger partial charge in [0.1, 0.15) is 5.75 Å². The van der Waals surface area contributed by atoms with Crippen molar-refractivity contribution in [2.45, 2.75) is 51.5 Å². The third-order valence-electron chi connectivity index (χ3n) is 4.75. The van der Waals surface area contributed by atoms with Crippen LogP contribution in [0.4, 0.5) is 0 Å². The molecule has 0 radical (unpaired) electrons. The first-order chi connectivity index (χ1) is 9.43. The van der Waals surface area contributed by atoms with Gasteiger partial charge in [0.05, 0.1) is 7.11 Å². The third-order valence-corrected chi connectivity index (χ3v) is 5.25. The van der Waals surface area contributed by atoms with Crippen LogP contribution < -0.4 is 10.5 Å². The maximum atomic E-state index is 6.66. The van der Waals surface area contributed by atoms with Crippen LogP contribution in [-0.4, -0.2) is 12.6 Å². The van der Waals surface area contributed by atoms with Crippen LogP contribution in [0.15, 0.2) is 22.7 Å². The Morgan fingerprint density at radius 2 is 2.00 bits per heavy atom. The predicted molar refractivity (Wildman–Crippen MR) is 88.1 cm³/mol. The first-order valence-corrected chi connectivity index (χ1v) is 8.34. The molecule has 112 valence electrons. The lowest BCUT2D eigenvalue weighted by Crippen LogP contribution is -2.45. The van der Waals surface area contributed by atoms with Crippen molar-refractivity contribution in [3.63, 3.8) is 0 Å². The minimum atomic E-state index is -0.0700. The van der Waals surface area contributed by atoms with Crippen molar-refractivity contribution >= 4 is 15.9 Å². The molecule has 0 saturated heterocycles. The molecule has 0 atom stereocenters. The van der Waals surface area contributed by atoms with Crippen molar-refractivity contribution in [3.05, 3.63) is 28.2 Å². The highest BCUT2D eigenvalue weighted by Crippen LogP contribution is 2.37. The van der Waals surface area contributed by atoms with Crippen molar-refractivity contribution < 1.29 is 4.74 Å². The summed E-state index contributed by atoms with van der Waals surface area (Å²) in [6.07, 6.45) is 5.65.